The summed E-state index contributed by atoms with van der Waals surface area (Å²) in [5.41, 5.74) is 1.41. The molecule has 3 aliphatic carbocycles. The van der Waals surface area contributed by atoms with Crippen LogP contribution in [0.1, 0.15) is 25.7 Å². The fourth-order valence-electron chi connectivity index (χ4n) is 4.81. The number of carboxylic acids is 1. The highest BCUT2D eigenvalue weighted by atomic mass is 19.1. The minimum atomic E-state index is -0.753. The standard InChI is InChI=1S/C19H19FN6O2/c20-11-5-12-17(25-26-18(12)22-6-11)13-7-21-8-14(23-13)24-16-10-3-1-9(2-4-10)15(16)19(27)28/h5-10,15-16H,1-4H2,(H,23,24)(H,27,28)(H,22,25,26)/t9?,10?,15-,16?/m1/s1. The van der Waals surface area contributed by atoms with E-state index in [1.807, 2.05) is 0 Å². The van der Waals surface area contributed by atoms with Crippen LogP contribution in [0.4, 0.5) is 10.2 Å². The van der Waals surface area contributed by atoms with Crippen molar-refractivity contribution < 1.29 is 14.3 Å². The van der Waals surface area contributed by atoms with Crippen molar-refractivity contribution in [1.29, 1.82) is 0 Å². The Morgan fingerprint density at radius 3 is 2.75 bits per heavy atom. The van der Waals surface area contributed by atoms with Crippen LogP contribution in [0.25, 0.3) is 22.4 Å². The van der Waals surface area contributed by atoms with Gasteiger partial charge in [0.2, 0.25) is 0 Å². The first-order valence-electron chi connectivity index (χ1n) is 9.41. The molecule has 0 amide bonds. The maximum Gasteiger partial charge on any atom is 0.308 e. The third-order valence-corrected chi connectivity index (χ3v) is 6.09. The molecular formula is C19H19FN6O2. The maximum absolute atomic E-state index is 13.6. The Labute approximate surface area is 159 Å². The number of carboxylic acid groups (broad SMARTS) is 1. The van der Waals surface area contributed by atoms with Gasteiger partial charge in [0.1, 0.15) is 17.3 Å². The summed E-state index contributed by atoms with van der Waals surface area (Å²) < 4.78 is 13.6. The monoisotopic (exact) mass is 382 g/mol. The summed E-state index contributed by atoms with van der Waals surface area (Å²) in [4.78, 5) is 24.6. The number of nitrogens with zero attached hydrogens (tertiary/aromatic N) is 4. The zero-order valence-corrected chi connectivity index (χ0v) is 15.0. The fourth-order valence-corrected chi connectivity index (χ4v) is 4.81. The molecule has 0 aliphatic heterocycles. The van der Waals surface area contributed by atoms with Crippen molar-refractivity contribution in [3.63, 3.8) is 0 Å². The van der Waals surface area contributed by atoms with E-state index in [0.29, 0.717) is 34.2 Å². The molecule has 144 valence electrons. The second kappa shape index (κ2) is 6.50. The molecular weight excluding hydrogens is 363 g/mol. The number of rotatable bonds is 4. The van der Waals surface area contributed by atoms with Gasteiger partial charge in [0, 0.05) is 6.04 Å². The molecule has 3 aromatic rings. The number of hydrogen-bond acceptors (Lipinski definition) is 6. The van der Waals surface area contributed by atoms with Crippen LogP contribution in [0.5, 0.6) is 0 Å². The summed E-state index contributed by atoms with van der Waals surface area (Å²) >= 11 is 0. The molecule has 0 aromatic carbocycles. The summed E-state index contributed by atoms with van der Waals surface area (Å²) in [6.45, 7) is 0. The van der Waals surface area contributed by atoms with Gasteiger partial charge in [-0.1, -0.05) is 0 Å². The van der Waals surface area contributed by atoms with Gasteiger partial charge < -0.3 is 10.4 Å². The number of carbonyl (C=O) groups is 1. The van der Waals surface area contributed by atoms with Crippen LogP contribution in [0.3, 0.4) is 0 Å². The van der Waals surface area contributed by atoms with Gasteiger partial charge in [0.15, 0.2) is 5.65 Å². The number of pyridine rings is 1. The number of H-pyrrole nitrogens is 1. The van der Waals surface area contributed by atoms with Crippen molar-refractivity contribution in [2.75, 3.05) is 5.32 Å². The number of aromatic amines is 1. The fraction of sp³-hybridized carbons (Fsp3) is 0.421. The molecule has 28 heavy (non-hydrogen) atoms. The van der Waals surface area contributed by atoms with Crippen LogP contribution >= 0.6 is 0 Å². The zero-order valence-electron chi connectivity index (χ0n) is 15.0. The van der Waals surface area contributed by atoms with E-state index in [2.05, 4.69) is 30.5 Å². The Morgan fingerprint density at radius 2 is 1.96 bits per heavy atom. The lowest BCUT2D eigenvalue weighted by molar-refractivity contribution is -0.148. The average molecular weight is 382 g/mol. The van der Waals surface area contributed by atoms with Crippen molar-refractivity contribution >= 4 is 22.8 Å². The summed E-state index contributed by atoms with van der Waals surface area (Å²) in [6.07, 6.45) is 8.28. The van der Waals surface area contributed by atoms with E-state index in [-0.39, 0.29) is 12.0 Å². The normalized spacial score (nSPS) is 26.5. The molecule has 0 saturated heterocycles. The van der Waals surface area contributed by atoms with Gasteiger partial charge in [-0.05, 0) is 43.6 Å². The molecule has 3 N–H and O–H groups in total. The third-order valence-electron chi connectivity index (χ3n) is 6.09. The number of aliphatic carboxylic acids is 1. The van der Waals surface area contributed by atoms with Crippen molar-refractivity contribution in [3.8, 4) is 11.4 Å². The number of halogens is 1. The number of anilines is 1. The second-order valence-corrected chi connectivity index (χ2v) is 7.62. The van der Waals surface area contributed by atoms with Crippen molar-refractivity contribution in [2.24, 2.45) is 17.8 Å². The quantitative estimate of drug-likeness (QED) is 0.635. The Hall–Kier alpha value is -3.10. The van der Waals surface area contributed by atoms with Gasteiger partial charge in [-0.15, -0.1) is 0 Å². The molecule has 3 aromatic heterocycles. The first kappa shape index (κ1) is 17.0. The van der Waals surface area contributed by atoms with Gasteiger partial charge in [-0.3, -0.25) is 14.9 Å². The highest BCUT2D eigenvalue weighted by Crippen LogP contribution is 2.46. The number of nitrogens with one attached hydrogen (secondary N) is 2. The highest BCUT2D eigenvalue weighted by Gasteiger charge is 2.47. The summed E-state index contributed by atoms with van der Waals surface area (Å²) in [5.74, 6) is -0.584. The summed E-state index contributed by atoms with van der Waals surface area (Å²) in [5, 5.41) is 20.5. The zero-order chi connectivity index (χ0) is 19.3. The molecule has 1 unspecified atom stereocenters. The lowest BCUT2D eigenvalue weighted by Crippen LogP contribution is -2.51. The van der Waals surface area contributed by atoms with Gasteiger partial charge in [-0.2, -0.15) is 5.10 Å². The van der Waals surface area contributed by atoms with Crippen LogP contribution in [0, 0.1) is 23.6 Å². The maximum atomic E-state index is 13.6. The Kier molecular flexibility index (Phi) is 3.96. The van der Waals surface area contributed by atoms with Gasteiger partial charge in [-0.25, -0.2) is 14.4 Å². The minimum absolute atomic E-state index is 0.160. The molecule has 3 fully saturated rings. The average Bonchev–Trinajstić information content (AvgIpc) is 3.12. The van der Waals surface area contributed by atoms with Gasteiger partial charge in [0.05, 0.1) is 35.6 Å². The van der Waals surface area contributed by atoms with Crippen molar-refractivity contribution in [2.45, 2.75) is 31.7 Å². The highest BCUT2D eigenvalue weighted by molar-refractivity contribution is 5.89. The van der Waals surface area contributed by atoms with E-state index in [4.69, 9.17) is 0 Å². The lowest BCUT2D eigenvalue weighted by Gasteiger charge is -2.47. The number of aromatic nitrogens is 5. The Bertz CT molecular complexity index is 1050. The van der Waals surface area contributed by atoms with Crippen LogP contribution in [0.15, 0.2) is 24.7 Å². The molecule has 0 radical (unpaired) electrons. The molecule has 3 saturated carbocycles. The van der Waals surface area contributed by atoms with E-state index >= 15 is 0 Å². The molecule has 0 spiro atoms. The topological polar surface area (TPSA) is 117 Å². The summed E-state index contributed by atoms with van der Waals surface area (Å²) in [7, 11) is 0. The van der Waals surface area contributed by atoms with Crippen molar-refractivity contribution in [1.82, 2.24) is 25.1 Å². The van der Waals surface area contributed by atoms with Crippen LogP contribution in [0.2, 0.25) is 0 Å². The van der Waals surface area contributed by atoms with Gasteiger partial charge >= 0.3 is 5.97 Å². The van der Waals surface area contributed by atoms with Crippen LogP contribution in [-0.4, -0.2) is 42.3 Å². The molecule has 2 bridgehead atoms. The molecule has 9 heteroatoms. The number of fused-ring (bicyclic) bond motifs is 4. The predicted molar refractivity (Wildman–Crippen MR) is 98.9 cm³/mol. The first-order chi connectivity index (χ1) is 13.6. The largest absolute Gasteiger partial charge is 0.481 e. The SMILES string of the molecule is O=C(O)[C@@H]1C2CCC(CC2)C1Nc1cncc(-c2[nH]nc3ncc(F)cc23)n1. The number of hydrogen-bond donors (Lipinski definition) is 3. The second-order valence-electron chi connectivity index (χ2n) is 7.62. The smallest absolute Gasteiger partial charge is 0.308 e. The molecule has 3 heterocycles. The lowest BCUT2D eigenvalue weighted by atomic mass is 9.61. The Morgan fingerprint density at radius 1 is 1.18 bits per heavy atom. The van der Waals surface area contributed by atoms with E-state index in [0.717, 1.165) is 31.9 Å². The predicted octanol–water partition coefficient (Wildman–Crippen LogP) is 2.86. The van der Waals surface area contributed by atoms with E-state index in [1.54, 1.807) is 12.4 Å². The summed E-state index contributed by atoms with van der Waals surface area (Å²) in [6, 6.07) is 1.19. The van der Waals surface area contributed by atoms with E-state index in [1.165, 1.54) is 6.07 Å². The molecule has 8 nitrogen and oxygen atoms in total. The molecule has 2 atom stereocenters. The Balaban J connectivity index is 1.47. The molecule has 6 rings (SSSR count). The van der Waals surface area contributed by atoms with E-state index < -0.39 is 17.7 Å². The van der Waals surface area contributed by atoms with Crippen LogP contribution in [-0.2, 0) is 4.79 Å². The van der Waals surface area contributed by atoms with E-state index in [9.17, 15) is 14.3 Å². The van der Waals surface area contributed by atoms with Crippen molar-refractivity contribution in [3.05, 3.63) is 30.5 Å². The van der Waals surface area contributed by atoms with Gasteiger partial charge in [0.25, 0.3) is 0 Å². The van der Waals surface area contributed by atoms with Crippen LogP contribution < -0.4 is 5.32 Å². The first-order valence-corrected chi connectivity index (χ1v) is 9.41. The molecule has 3 aliphatic rings. The minimum Gasteiger partial charge on any atom is -0.481 e. The third kappa shape index (κ3) is 2.78.